The van der Waals surface area contributed by atoms with Crippen LogP contribution in [0.2, 0.25) is 0 Å². The van der Waals surface area contributed by atoms with Gasteiger partial charge in [0.1, 0.15) is 0 Å². The zero-order valence-electron chi connectivity index (χ0n) is 7.32. The molecule has 0 amide bonds. The number of hydrogen-bond acceptors (Lipinski definition) is 1. The van der Waals surface area contributed by atoms with Gasteiger partial charge in [-0.3, -0.25) is 0 Å². The molecule has 0 aliphatic heterocycles. The van der Waals surface area contributed by atoms with E-state index in [1.807, 2.05) is 13.0 Å². The van der Waals surface area contributed by atoms with Gasteiger partial charge < -0.3 is 0 Å². The van der Waals surface area contributed by atoms with Crippen LogP contribution in [0.4, 0.5) is 13.2 Å². The third-order valence-corrected chi connectivity index (χ3v) is 2.72. The number of thioether (sulfide) groups is 1. The number of alkyl halides is 3. The first kappa shape index (κ1) is 10.7. The predicted molar refractivity (Wildman–Crippen MR) is 49.6 cm³/mol. The van der Waals surface area contributed by atoms with Gasteiger partial charge in [-0.25, -0.2) is 0 Å². The standard InChI is InChI=1S/C9H11F3S/c1-6-3-7(2)5-8(4-6)13-9(10,11)12/h3,8H,1,4-5H2,2H3. The van der Waals surface area contributed by atoms with Crippen molar-refractivity contribution in [2.45, 2.75) is 30.5 Å². The van der Waals surface area contributed by atoms with Gasteiger partial charge in [-0.1, -0.05) is 23.8 Å². The maximum atomic E-state index is 12.0. The fourth-order valence-electron chi connectivity index (χ4n) is 1.46. The van der Waals surface area contributed by atoms with Crippen LogP contribution in [0.5, 0.6) is 0 Å². The molecule has 13 heavy (non-hydrogen) atoms. The maximum Gasteiger partial charge on any atom is 0.442 e. The highest BCUT2D eigenvalue weighted by atomic mass is 32.2. The lowest BCUT2D eigenvalue weighted by Gasteiger charge is -2.22. The molecule has 74 valence electrons. The molecule has 0 spiro atoms. The first-order chi connectivity index (χ1) is 5.87. The minimum Gasteiger partial charge on any atom is -0.160 e. The van der Waals surface area contributed by atoms with Crippen LogP contribution in [-0.2, 0) is 0 Å². The molecule has 0 fully saturated rings. The van der Waals surface area contributed by atoms with Gasteiger partial charge in [-0.15, -0.1) is 0 Å². The topological polar surface area (TPSA) is 0 Å². The molecule has 0 saturated heterocycles. The molecule has 4 heteroatoms. The molecule has 0 aromatic heterocycles. The molecule has 0 N–H and O–H groups in total. The average molecular weight is 208 g/mol. The Morgan fingerprint density at radius 3 is 2.54 bits per heavy atom. The van der Waals surface area contributed by atoms with Crippen molar-refractivity contribution in [1.82, 2.24) is 0 Å². The second-order valence-electron chi connectivity index (χ2n) is 3.24. The van der Waals surface area contributed by atoms with E-state index >= 15 is 0 Å². The average Bonchev–Trinajstić information content (AvgIpc) is 1.78. The van der Waals surface area contributed by atoms with Crippen LogP contribution in [0.3, 0.4) is 0 Å². The molecule has 1 rings (SSSR count). The van der Waals surface area contributed by atoms with Crippen molar-refractivity contribution in [3.63, 3.8) is 0 Å². The van der Waals surface area contributed by atoms with Crippen molar-refractivity contribution in [1.29, 1.82) is 0 Å². The third kappa shape index (κ3) is 3.89. The summed E-state index contributed by atoms with van der Waals surface area (Å²) in [7, 11) is 0. The van der Waals surface area contributed by atoms with Gasteiger partial charge in [0.2, 0.25) is 0 Å². The molecular weight excluding hydrogens is 197 g/mol. The molecule has 1 atom stereocenters. The van der Waals surface area contributed by atoms with E-state index in [1.165, 1.54) is 0 Å². The molecular formula is C9H11F3S. The highest BCUT2D eigenvalue weighted by Gasteiger charge is 2.33. The molecule has 0 nitrogen and oxygen atoms in total. The Labute approximate surface area is 79.9 Å². The molecule has 1 aliphatic rings. The van der Waals surface area contributed by atoms with Crippen LogP contribution in [-0.4, -0.2) is 10.8 Å². The van der Waals surface area contributed by atoms with Crippen LogP contribution in [0, 0.1) is 0 Å². The zero-order chi connectivity index (χ0) is 10.1. The molecule has 0 aromatic rings. The molecule has 1 aliphatic carbocycles. The maximum absolute atomic E-state index is 12.0. The first-order valence-electron chi connectivity index (χ1n) is 3.96. The SMILES string of the molecule is C=C1C=C(C)CC(SC(F)(F)F)C1. The summed E-state index contributed by atoms with van der Waals surface area (Å²) in [5.74, 6) is 0. The minimum atomic E-state index is -4.12. The lowest BCUT2D eigenvalue weighted by molar-refractivity contribution is -0.0333. The summed E-state index contributed by atoms with van der Waals surface area (Å²) in [5.41, 5.74) is -2.34. The molecule has 0 bridgehead atoms. The van der Waals surface area contributed by atoms with Crippen LogP contribution < -0.4 is 0 Å². The van der Waals surface area contributed by atoms with Crippen molar-refractivity contribution in [2.75, 3.05) is 0 Å². The highest BCUT2D eigenvalue weighted by molar-refractivity contribution is 8.00. The molecule has 0 heterocycles. The Morgan fingerprint density at radius 2 is 2.08 bits per heavy atom. The van der Waals surface area contributed by atoms with E-state index in [1.54, 1.807) is 0 Å². The summed E-state index contributed by atoms with van der Waals surface area (Å²) in [6.45, 7) is 5.53. The Kier molecular flexibility index (Phi) is 3.11. The van der Waals surface area contributed by atoms with E-state index in [0.29, 0.717) is 12.8 Å². The summed E-state index contributed by atoms with van der Waals surface area (Å²) in [6.07, 6.45) is 2.83. The monoisotopic (exact) mass is 208 g/mol. The van der Waals surface area contributed by atoms with Crippen molar-refractivity contribution in [2.24, 2.45) is 0 Å². The number of rotatable bonds is 1. The fraction of sp³-hybridized carbons (Fsp3) is 0.556. The van der Waals surface area contributed by atoms with Gasteiger partial charge in [-0.2, -0.15) is 13.2 Å². The number of halogens is 3. The number of allylic oxidation sites excluding steroid dienone is 3. The van der Waals surface area contributed by atoms with Gasteiger partial charge in [0.15, 0.2) is 0 Å². The van der Waals surface area contributed by atoms with Gasteiger partial charge in [0.05, 0.1) is 0 Å². The van der Waals surface area contributed by atoms with Crippen molar-refractivity contribution >= 4 is 11.8 Å². The molecule has 0 aromatic carbocycles. The molecule has 0 saturated carbocycles. The Balaban J connectivity index is 2.56. The van der Waals surface area contributed by atoms with Gasteiger partial charge >= 0.3 is 5.51 Å². The largest absolute Gasteiger partial charge is 0.442 e. The Hall–Kier alpha value is -0.380. The summed E-state index contributed by atoms with van der Waals surface area (Å²) in [5, 5.41) is -0.377. The summed E-state index contributed by atoms with van der Waals surface area (Å²) < 4.78 is 36.0. The van der Waals surface area contributed by atoms with E-state index in [2.05, 4.69) is 6.58 Å². The van der Waals surface area contributed by atoms with E-state index in [0.717, 1.165) is 11.1 Å². The van der Waals surface area contributed by atoms with Gasteiger partial charge in [-0.05, 0) is 31.5 Å². The third-order valence-electron chi connectivity index (χ3n) is 1.79. The first-order valence-corrected chi connectivity index (χ1v) is 4.84. The normalized spacial score (nSPS) is 24.5. The number of hydrogen-bond donors (Lipinski definition) is 0. The van der Waals surface area contributed by atoms with Crippen LogP contribution in [0.25, 0.3) is 0 Å². The zero-order valence-corrected chi connectivity index (χ0v) is 8.13. The van der Waals surface area contributed by atoms with Crippen molar-refractivity contribution < 1.29 is 13.2 Å². The fourth-order valence-corrected chi connectivity index (χ4v) is 2.48. The minimum absolute atomic E-state index is 0.0835. The van der Waals surface area contributed by atoms with Crippen molar-refractivity contribution in [3.8, 4) is 0 Å². The van der Waals surface area contributed by atoms with Crippen LogP contribution >= 0.6 is 11.8 Å². The smallest absolute Gasteiger partial charge is 0.160 e. The Morgan fingerprint density at radius 1 is 1.46 bits per heavy atom. The summed E-state index contributed by atoms with van der Waals surface area (Å²) >= 11 is 0.0835. The lowest BCUT2D eigenvalue weighted by atomic mass is 9.97. The lowest BCUT2D eigenvalue weighted by Crippen LogP contribution is -2.15. The second kappa shape index (κ2) is 3.78. The van der Waals surface area contributed by atoms with E-state index in [-0.39, 0.29) is 17.0 Å². The van der Waals surface area contributed by atoms with E-state index < -0.39 is 5.51 Å². The summed E-state index contributed by atoms with van der Waals surface area (Å²) in [4.78, 5) is 0. The molecule has 1 unspecified atom stereocenters. The molecule has 0 radical (unpaired) electrons. The van der Waals surface area contributed by atoms with Crippen molar-refractivity contribution in [3.05, 3.63) is 23.8 Å². The van der Waals surface area contributed by atoms with Crippen LogP contribution in [0.15, 0.2) is 23.8 Å². The van der Waals surface area contributed by atoms with Gasteiger partial charge in [0, 0.05) is 5.25 Å². The predicted octanol–water partition coefficient (Wildman–Crippen LogP) is 3.90. The van der Waals surface area contributed by atoms with Crippen LogP contribution in [0.1, 0.15) is 19.8 Å². The summed E-state index contributed by atoms with van der Waals surface area (Å²) in [6, 6.07) is 0. The second-order valence-corrected chi connectivity index (χ2v) is 4.61. The van der Waals surface area contributed by atoms with E-state index in [4.69, 9.17) is 0 Å². The highest BCUT2D eigenvalue weighted by Crippen LogP contribution is 2.40. The van der Waals surface area contributed by atoms with E-state index in [9.17, 15) is 13.2 Å². The Bertz CT molecular complexity index is 240. The quantitative estimate of drug-likeness (QED) is 0.629. The van der Waals surface area contributed by atoms with Gasteiger partial charge in [0.25, 0.3) is 0 Å².